The van der Waals surface area contributed by atoms with Crippen LogP contribution in [0.2, 0.25) is 0 Å². The van der Waals surface area contributed by atoms with E-state index < -0.39 is 20.5 Å². The van der Waals surface area contributed by atoms with Crippen molar-refractivity contribution in [2.45, 2.75) is 25.0 Å². The number of aryl methyl sites for hydroxylation is 1. The van der Waals surface area contributed by atoms with Crippen molar-refractivity contribution in [3.05, 3.63) is 35.4 Å². The molecule has 2 rings (SSSR count). The van der Waals surface area contributed by atoms with Gasteiger partial charge >= 0.3 is 0 Å². The number of benzene rings is 1. The second-order valence-corrected chi connectivity index (χ2v) is 8.45. The molecule has 116 valence electrons. The van der Waals surface area contributed by atoms with Crippen molar-refractivity contribution in [2.75, 3.05) is 19.5 Å². The van der Waals surface area contributed by atoms with E-state index in [9.17, 15) is 8.42 Å². The molecular formula is C15H21NO3S2. The number of nitrogens with two attached hydrogens (primary N) is 1. The summed E-state index contributed by atoms with van der Waals surface area (Å²) < 4.78 is 30.1. The first-order valence-electron chi connectivity index (χ1n) is 6.88. The van der Waals surface area contributed by atoms with Crippen molar-refractivity contribution < 1.29 is 13.2 Å². The molecule has 0 unspecified atom stereocenters. The van der Waals surface area contributed by atoms with E-state index in [-0.39, 0.29) is 23.3 Å². The number of hydrogen-bond donors (Lipinski definition) is 1. The third-order valence-corrected chi connectivity index (χ3v) is 6.98. The summed E-state index contributed by atoms with van der Waals surface area (Å²) in [6, 6.07) is 7.85. The van der Waals surface area contributed by atoms with Gasteiger partial charge in [-0.05, 0) is 12.5 Å². The molecule has 3 atom stereocenters. The van der Waals surface area contributed by atoms with E-state index in [0.29, 0.717) is 0 Å². The van der Waals surface area contributed by atoms with Crippen molar-refractivity contribution in [1.82, 2.24) is 0 Å². The topological polar surface area (TPSA) is 69.4 Å². The molecule has 4 nitrogen and oxygen atoms in total. The van der Waals surface area contributed by atoms with Gasteiger partial charge in [0.1, 0.15) is 0 Å². The van der Waals surface area contributed by atoms with Gasteiger partial charge in [-0.15, -0.1) is 0 Å². The van der Waals surface area contributed by atoms with Crippen LogP contribution in [-0.4, -0.2) is 38.1 Å². The van der Waals surface area contributed by atoms with Crippen LogP contribution in [0.25, 0.3) is 0 Å². The lowest BCUT2D eigenvalue weighted by molar-refractivity contribution is 0.166. The molecule has 0 saturated heterocycles. The van der Waals surface area contributed by atoms with Gasteiger partial charge in [0.2, 0.25) is 0 Å². The molecule has 1 saturated carbocycles. The maximum absolute atomic E-state index is 12.4. The summed E-state index contributed by atoms with van der Waals surface area (Å²) in [6.45, 7) is 3.87. The molecule has 0 aromatic heterocycles. The van der Waals surface area contributed by atoms with Crippen LogP contribution in [0.1, 0.15) is 24.0 Å². The van der Waals surface area contributed by atoms with E-state index in [1.54, 1.807) is 14.0 Å². The number of ether oxygens (including phenoxy) is 1. The summed E-state index contributed by atoms with van der Waals surface area (Å²) in [5.74, 6) is -0.144. The van der Waals surface area contributed by atoms with Gasteiger partial charge in [-0.25, -0.2) is 8.42 Å². The summed E-state index contributed by atoms with van der Waals surface area (Å²) in [7, 11) is -1.71. The molecule has 0 aliphatic heterocycles. The van der Waals surface area contributed by atoms with Gasteiger partial charge in [0.25, 0.3) is 0 Å². The van der Waals surface area contributed by atoms with Crippen LogP contribution >= 0.6 is 12.2 Å². The first kappa shape index (κ1) is 16.4. The molecule has 1 fully saturated rings. The van der Waals surface area contributed by atoms with E-state index in [1.165, 1.54) is 0 Å². The second kappa shape index (κ2) is 5.66. The van der Waals surface area contributed by atoms with Gasteiger partial charge in [0.05, 0.1) is 22.3 Å². The van der Waals surface area contributed by atoms with Gasteiger partial charge in [-0.3, -0.25) is 0 Å². The Kier molecular flexibility index (Phi) is 4.42. The Bertz CT molecular complexity index is 639. The van der Waals surface area contributed by atoms with Crippen LogP contribution in [-0.2, 0) is 14.6 Å². The van der Waals surface area contributed by atoms with Gasteiger partial charge in [0.15, 0.2) is 9.84 Å². The molecule has 0 radical (unpaired) electrons. The molecule has 6 heteroatoms. The molecule has 1 aliphatic rings. The Morgan fingerprint density at radius 3 is 2.38 bits per heavy atom. The zero-order valence-corrected chi connectivity index (χ0v) is 14.1. The Morgan fingerprint density at radius 1 is 1.38 bits per heavy atom. The fourth-order valence-electron chi connectivity index (χ4n) is 3.13. The van der Waals surface area contributed by atoms with Gasteiger partial charge < -0.3 is 10.5 Å². The third-order valence-electron chi connectivity index (χ3n) is 4.32. The van der Waals surface area contributed by atoms with Gasteiger partial charge in [0, 0.05) is 18.8 Å². The summed E-state index contributed by atoms with van der Waals surface area (Å²) >= 11 is 5.19. The van der Waals surface area contributed by atoms with Crippen LogP contribution in [0.4, 0.5) is 0 Å². The molecule has 1 aliphatic carbocycles. The van der Waals surface area contributed by atoms with E-state index in [0.717, 1.165) is 11.1 Å². The number of thiocarbonyl (C=S) groups is 1. The van der Waals surface area contributed by atoms with Crippen molar-refractivity contribution in [2.24, 2.45) is 11.1 Å². The molecule has 1 aromatic carbocycles. The molecule has 0 bridgehead atoms. The predicted molar refractivity (Wildman–Crippen MR) is 88.3 cm³/mol. The minimum absolute atomic E-state index is 0.0775. The van der Waals surface area contributed by atoms with Crippen LogP contribution in [0.15, 0.2) is 24.3 Å². The first-order valence-corrected chi connectivity index (χ1v) is 9.00. The quantitative estimate of drug-likeness (QED) is 0.807. The average molecular weight is 327 g/mol. The number of sulfone groups is 1. The summed E-state index contributed by atoms with van der Waals surface area (Å²) in [6.07, 6.45) is 0. The van der Waals surface area contributed by atoms with Crippen molar-refractivity contribution in [1.29, 1.82) is 0 Å². The van der Waals surface area contributed by atoms with Gasteiger partial charge in [-0.2, -0.15) is 0 Å². The van der Waals surface area contributed by atoms with E-state index in [2.05, 4.69) is 0 Å². The summed E-state index contributed by atoms with van der Waals surface area (Å²) in [5, 5.41) is -0.588. The smallest absolute Gasteiger partial charge is 0.154 e. The molecule has 0 spiro atoms. The maximum Gasteiger partial charge on any atom is 0.154 e. The lowest BCUT2D eigenvalue weighted by Gasteiger charge is -2.15. The highest BCUT2D eigenvalue weighted by Crippen LogP contribution is 2.63. The van der Waals surface area contributed by atoms with E-state index >= 15 is 0 Å². The molecule has 0 amide bonds. The summed E-state index contributed by atoms with van der Waals surface area (Å²) in [5.41, 5.74) is 7.20. The van der Waals surface area contributed by atoms with Crippen LogP contribution in [0, 0.1) is 12.3 Å². The Morgan fingerprint density at radius 2 is 1.95 bits per heavy atom. The lowest BCUT2D eigenvalue weighted by Crippen LogP contribution is -2.33. The van der Waals surface area contributed by atoms with E-state index in [4.69, 9.17) is 22.7 Å². The highest BCUT2D eigenvalue weighted by atomic mass is 32.2. The monoisotopic (exact) mass is 327 g/mol. The average Bonchev–Trinajstić information content (AvgIpc) is 3.11. The highest BCUT2D eigenvalue weighted by molar-refractivity contribution is 7.92. The zero-order chi connectivity index (χ0) is 15.8. The fraction of sp³-hybridized carbons (Fsp3) is 0.533. The van der Waals surface area contributed by atoms with E-state index in [1.807, 2.05) is 31.2 Å². The fourth-order valence-corrected chi connectivity index (χ4v) is 5.60. The maximum atomic E-state index is 12.4. The number of methoxy groups -OCH3 is 1. The van der Waals surface area contributed by atoms with Crippen LogP contribution in [0.3, 0.4) is 0 Å². The zero-order valence-electron chi connectivity index (χ0n) is 12.5. The molecule has 1 aromatic rings. The molecule has 2 N–H and O–H groups in total. The number of hydrogen-bond acceptors (Lipinski definition) is 4. The van der Waals surface area contributed by atoms with Crippen LogP contribution in [0.5, 0.6) is 0 Å². The Balaban J connectivity index is 2.51. The minimum atomic E-state index is -3.25. The van der Waals surface area contributed by atoms with Gasteiger partial charge in [-0.1, -0.05) is 49.0 Å². The number of rotatable bonds is 6. The van der Waals surface area contributed by atoms with Crippen LogP contribution < -0.4 is 5.73 Å². The molecule has 0 heterocycles. The lowest BCUT2D eigenvalue weighted by atomic mass is 9.99. The summed E-state index contributed by atoms with van der Waals surface area (Å²) in [4.78, 5) is 0.219. The predicted octanol–water partition coefficient (Wildman–Crippen LogP) is 1.81. The second-order valence-electron chi connectivity index (χ2n) is 5.60. The minimum Gasteiger partial charge on any atom is -0.393 e. The Hall–Kier alpha value is -0.980. The normalized spacial score (nSPS) is 28.3. The molecule has 21 heavy (non-hydrogen) atoms. The highest BCUT2D eigenvalue weighted by Gasteiger charge is 2.72. The van der Waals surface area contributed by atoms with Crippen molar-refractivity contribution in [3.63, 3.8) is 0 Å². The third kappa shape index (κ3) is 2.60. The largest absolute Gasteiger partial charge is 0.393 e. The Labute approximate surface area is 131 Å². The molecular weight excluding hydrogens is 306 g/mol. The SMILES string of the molecule is CCS(=O)(=O)[C@@H]1[C@H](c2ccc(C)cc2)[C@]1(COC)C(N)=S. The van der Waals surface area contributed by atoms with Crippen molar-refractivity contribution in [3.8, 4) is 0 Å². The van der Waals surface area contributed by atoms with Crippen molar-refractivity contribution >= 4 is 27.0 Å². The first-order chi connectivity index (χ1) is 9.81. The standard InChI is InChI=1S/C15H21NO3S2/c1-4-21(17,18)13-12(11-7-5-10(2)6-8-11)15(13,9-19-3)14(16)20/h5-8,12-13H,4,9H2,1-3H3,(H2,16,20)/t12-,13+,15-/m0/s1.